The maximum absolute atomic E-state index is 13.9. The first-order valence-corrected chi connectivity index (χ1v) is 16.2. The van der Waals surface area contributed by atoms with Gasteiger partial charge < -0.3 is 15.0 Å². The number of nitrogens with zero attached hydrogens (tertiary/aromatic N) is 2. The van der Waals surface area contributed by atoms with E-state index in [-0.39, 0.29) is 43.7 Å². The predicted molar refractivity (Wildman–Crippen MR) is 168 cm³/mol. The molecular formula is C32H40ClN3O5S. The Morgan fingerprint density at radius 2 is 1.60 bits per heavy atom. The highest BCUT2D eigenvalue weighted by atomic mass is 35.5. The zero-order valence-electron chi connectivity index (χ0n) is 24.6. The van der Waals surface area contributed by atoms with Crippen molar-refractivity contribution in [2.75, 3.05) is 30.8 Å². The molecule has 0 aliphatic rings. The van der Waals surface area contributed by atoms with Crippen molar-refractivity contribution in [1.29, 1.82) is 0 Å². The number of ether oxygens (including phenoxy) is 1. The molecule has 0 aliphatic carbocycles. The Kier molecular flexibility index (Phi) is 12.2. The van der Waals surface area contributed by atoms with E-state index in [1.807, 2.05) is 62.4 Å². The molecule has 42 heavy (non-hydrogen) atoms. The van der Waals surface area contributed by atoms with Gasteiger partial charge in [0.1, 0.15) is 11.8 Å². The molecule has 3 aromatic carbocycles. The lowest BCUT2D eigenvalue weighted by Crippen LogP contribution is -2.51. The normalized spacial score (nSPS) is 12.0. The lowest BCUT2D eigenvalue weighted by molar-refractivity contribution is -0.141. The van der Waals surface area contributed by atoms with Crippen molar-refractivity contribution in [1.82, 2.24) is 10.2 Å². The molecule has 3 aromatic rings. The molecule has 3 rings (SSSR count). The van der Waals surface area contributed by atoms with Gasteiger partial charge in [0.25, 0.3) is 0 Å². The van der Waals surface area contributed by atoms with Crippen molar-refractivity contribution in [2.45, 2.75) is 45.7 Å². The Hall–Kier alpha value is -3.56. The summed E-state index contributed by atoms with van der Waals surface area (Å²) in [5.74, 6) is 0.333. The number of carbonyl (C=O) groups is 2. The number of amides is 2. The summed E-state index contributed by atoms with van der Waals surface area (Å²) < 4.78 is 31.7. The average Bonchev–Trinajstić information content (AvgIpc) is 2.96. The van der Waals surface area contributed by atoms with Crippen LogP contribution in [0, 0.1) is 5.92 Å². The van der Waals surface area contributed by atoms with E-state index in [2.05, 4.69) is 5.32 Å². The maximum atomic E-state index is 13.9. The highest BCUT2D eigenvalue weighted by Gasteiger charge is 2.31. The number of nitrogens with one attached hydrogen (secondary N) is 1. The van der Waals surface area contributed by atoms with Crippen LogP contribution in [0.5, 0.6) is 5.75 Å². The number of hydrogen-bond donors (Lipinski definition) is 1. The Balaban J connectivity index is 1.88. The summed E-state index contributed by atoms with van der Waals surface area (Å²) >= 11 is 6.48. The van der Waals surface area contributed by atoms with E-state index in [1.165, 1.54) is 11.4 Å². The number of rotatable bonds is 15. The zero-order chi connectivity index (χ0) is 30.7. The van der Waals surface area contributed by atoms with Gasteiger partial charge in [0.05, 0.1) is 19.1 Å². The number of methoxy groups -OCH3 is 1. The largest absolute Gasteiger partial charge is 0.497 e. The molecule has 1 atom stereocenters. The van der Waals surface area contributed by atoms with E-state index < -0.39 is 16.1 Å². The zero-order valence-corrected chi connectivity index (χ0v) is 26.2. The van der Waals surface area contributed by atoms with Crippen LogP contribution in [0.25, 0.3) is 0 Å². The van der Waals surface area contributed by atoms with Gasteiger partial charge in [-0.1, -0.05) is 74.0 Å². The summed E-state index contributed by atoms with van der Waals surface area (Å²) in [4.78, 5) is 29.1. The summed E-state index contributed by atoms with van der Waals surface area (Å²) in [5, 5.41) is 3.50. The van der Waals surface area contributed by atoms with E-state index in [9.17, 15) is 18.0 Å². The number of anilines is 1. The van der Waals surface area contributed by atoms with Crippen LogP contribution in [-0.2, 0) is 32.6 Å². The molecule has 0 aliphatic heterocycles. The summed E-state index contributed by atoms with van der Waals surface area (Å²) in [5.41, 5.74) is 2.12. The SMILES string of the molecule is COc1ccc(N(CCCC(=O)N(Cc2ccccc2Cl)[C@H](Cc2ccccc2)C(=O)NCC(C)C)S(C)(=O)=O)cc1. The van der Waals surface area contributed by atoms with Crippen molar-refractivity contribution >= 4 is 39.1 Å². The smallest absolute Gasteiger partial charge is 0.243 e. The minimum atomic E-state index is -3.61. The molecule has 0 heterocycles. The number of benzene rings is 3. The number of sulfonamides is 1. The van der Waals surface area contributed by atoms with E-state index in [0.717, 1.165) is 17.4 Å². The van der Waals surface area contributed by atoms with Gasteiger partial charge in [-0.15, -0.1) is 0 Å². The standard InChI is InChI=1S/C32H40ClN3O5S/c1-24(2)22-34-32(38)30(21-25-11-6-5-7-12-25)35(23-26-13-8-9-14-29(26)33)31(37)15-10-20-36(42(4,39)40)27-16-18-28(41-3)19-17-27/h5-9,11-14,16-19,24,30H,10,15,20-23H2,1-4H3,(H,34,38)/t30-/m1/s1. The minimum Gasteiger partial charge on any atom is -0.497 e. The van der Waals surface area contributed by atoms with Gasteiger partial charge in [0.2, 0.25) is 21.8 Å². The molecule has 0 bridgehead atoms. The predicted octanol–water partition coefficient (Wildman–Crippen LogP) is 5.31. The van der Waals surface area contributed by atoms with Crippen molar-refractivity contribution in [2.24, 2.45) is 5.92 Å². The van der Waals surface area contributed by atoms with Crippen LogP contribution in [0.2, 0.25) is 5.02 Å². The van der Waals surface area contributed by atoms with E-state index >= 15 is 0 Å². The van der Waals surface area contributed by atoms with Gasteiger partial charge in [-0.25, -0.2) is 8.42 Å². The average molecular weight is 614 g/mol. The van der Waals surface area contributed by atoms with Crippen LogP contribution in [0.3, 0.4) is 0 Å². The molecule has 1 N–H and O–H groups in total. The molecule has 0 saturated carbocycles. The Morgan fingerprint density at radius 1 is 0.952 bits per heavy atom. The van der Waals surface area contributed by atoms with E-state index in [1.54, 1.807) is 35.2 Å². The Labute approximate surface area is 254 Å². The summed E-state index contributed by atoms with van der Waals surface area (Å²) in [6.07, 6.45) is 1.75. The third-order valence-electron chi connectivity index (χ3n) is 6.77. The van der Waals surface area contributed by atoms with E-state index in [0.29, 0.717) is 29.4 Å². The van der Waals surface area contributed by atoms with Gasteiger partial charge in [0, 0.05) is 37.5 Å². The topological polar surface area (TPSA) is 96.0 Å². The highest BCUT2D eigenvalue weighted by molar-refractivity contribution is 7.92. The molecule has 0 fully saturated rings. The third-order valence-corrected chi connectivity index (χ3v) is 8.33. The van der Waals surface area contributed by atoms with Crippen LogP contribution < -0.4 is 14.4 Å². The molecule has 8 nitrogen and oxygen atoms in total. The first-order valence-electron chi connectivity index (χ1n) is 14.0. The second-order valence-corrected chi connectivity index (χ2v) is 12.9. The molecule has 0 spiro atoms. The van der Waals surface area contributed by atoms with Crippen LogP contribution in [0.1, 0.15) is 37.8 Å². The molecule has 0 saturated heterocycles. The van der Waals surface area contributed by atoms with E-state index in [4.69, 9.17) is 16.3 Å². The lowest BCUT2D eigenvalue weighted by Gasteiger charge is -2.32. The number of carbonyl (C=O) groups excluding carboxylic acids is 2. The second kappa shape index (κ2) is 15.6. The highest BCUT2D eigenvalue weighted by Crippen LogP contribution is 2.24. The fourth-order valence-corrected chi connectivity index (χ4v) is 5.70. The summed E-state index contributed by atoms with van der Waals surface area (Å²) in [6, 6.07) is 22.7. The molecule has 10 heteroatoms. The minimum absolute atomic E-state index is 0.0371. The van der Waals surface area contributed by atoms with Gasteiger partial charge in [0.15, 0.2) is 0 Å². The molecular weight excluding hydrogens is 574 g/mol. The number of halogens is 1. The first kappa shape index (κ1) is 32.9. The lowest BCUT2D eigenvalue weighted by atomic mass is 10.0. The molecule has 226 valence electrons. The van der Waals surface area contributed by atoms with Crippen molar-refractivity contribution in [3.8, 4) is 5.75 Å². The fraction of sp³-hybridized carbons (Fsp3) is 0.375. The van der Waals surface area contributed by atoms with Crippen molar-refractivity contribution in [3.63, 3.8) is 0 Å². The van der Waals surface area contributed by atoms with Crippen LogP contribution >= 0.6 is 11.6 Å². The number of hydrogen-bond acceptors (Lipinski definition) is 5. The summed E-state index contributed by atoms with van der Waals surface area (Å²) in [7, 11) is -2.07. The van der Waals surface area contributed by atoms with Gasteiger partial charge in [-0.3, -0.25) is 13.9 Å². The van der Waals surface area contributed by atoms with Crippen LogP contribution in [0.4, 0.5) is 5.69 Å². The fourth-order valence-electron chi connectivity index (χ4n) is 4.54. The quantitative estimate of drug-likeness (QED) is 0.251. The van der Waals surface area contributed by atoms with Gasteiger partial charge in [-0.2, -0.15) is 0 Å². The molecule has 0 aromatic heterocycles. The third kappa shape index (κ3) is 9.77. The second-order valence-electron chi connectivity index (χ2n) is 10.6. The van der Waals surface area contributed by atoms with Crippen LogP contribution in [-0.4, -0.2) is 57.6 Å². The van der Waals surface area contributed by atoms with Crippen LogP contribution in [0.15, 0.2) is 78.9 Å². The van der Waals surface area contributed by atoms with Gasteiger partial charge in [-0.05, 0) is 53.8 Å². The van der Waals surface area contributed by atoms with Crippen molar-refractivity contribution in [3.05, 3.63) is 95.0 Å². The first-order chi connectivity index (χ1) is 20.0. The van der Waals surface area contributed by atoms with Gasteiger partial charge >= 0.3 is 0 Å². The molecule has 0 unspecified atom stereocenters. The Morgan fingerprint density at radius 3 is 2.19 bits per heavy atom. The van der Waals surface area contributed by atoms with Crippen molar-refractivity contribution < 1.29 is 22.7 Å². The Bertz CT molecular complexity index is 1420. The maximum Gasteiger partial charge on any atom is 0.243 e. The molecule has 2 amide bonds. The molecule has 0 radical (unpaired) electrons. The summed E-state index contributed by atoms with van der Waals surface area (Å²) in [6.45, 7) is 4.73. The monoisotopic (exact) mass is 613 g/mol.